The maximum atomic E-state index is 14.2. The van der Waals surface area contributed by atoms with Crippen molar-refractivity contribution in [1.82, 2.24) is 0 Å². The van der Waals surface area contributed by atoms with Gasteiger partial charge in [-0.15, -0.1) is 0 Å². The zero-order chi connectivity index (χ0) is 15.5. The molecule has 0 saturated heterocycles. The van der Waals surface area contributed by atoms with Gasteiger partial charge in [0.05, 0.1) is 20.1 Å². The van der Waals surface area contributed by atoms with Crippen molar-refractivity contribution < 1.29 is 23.8 Å². The Hall–Kier alpha value is -1.78. The van der Waals surface area contributed by atoms with Crippen LogP contribution in [0.25, 0.3) is 0 Å². The van der Waals surface area contributed by atoms with Crippen LogP contribution < -0.4 is 9.47 Å². The molecule has 1 N–H and O–H groups in total. The number of methoxy groups -OCH3 is 2. The monoisotopic (exact) mass is 284 g/mol. The zero-order valence-corrected chi connectivity index (χ0v) is 12.5. The number of hydrogen-bond acceptors (Lipinski definition) is 3. The molecule has 0 spiro atoms. The second-order valence-electron chi connectivity index (χ2n) is 5.28. The number of hydrogen-bond donors (Lipinski definition) is 1. The number of aliphatic carboxylic acids is 1. The minimum absolute atomic E-state index is 0.269. The van der Waals surface area contributed by atoms with Gasteiger partial charge in [0, 0.05) is 11.6 Å². The predicted molar refractivity (Wildman–Crippen MR) is 74.2 cm³/mol. The second-order valence-corrected chi connectivity index (χ2v) is 5.28. The van der Waals surface area contributed by atoms with Crippen molar-refractivity contribution in [3.63, 3.8) is 0 Å². The number of ether oxygens (including phenoxy) is 2. The van der Waals surface area contributed by atoms with Crippen LogP contribution in [0.4, 0.5) is 4.39 Å². The lowest BCUT2D eigenvalue weighted by molar-refractivity contribution is -0.141. The Morgan fingerprint density at radius 2 is 1.85 bits per heavy atom. The third-order valence-corrected chi connectivity index (χ3v) is 3.19. The molecule has 0 saturated carbocycles. The number of halogens is 1. The molecule has 20 heavy (non-hydrogen) atoms. The van der Waals surface area contributed by atoms with Crippen molar-refractivity contribution in [2.45, 2.75) is 32.9 Å². The molecule has 0 fully saturated rings. The first-order valence-electron chi connectivity index (χ1n) is 6.37. The summed E-state index contributed by atoms with van der Waals surface area (Å²) in [5, 5.41) is 9.00. The molecule has 5 heteroatoms. The first kappa shape index (κ1) is 16.3. The summed E-state index contributed by atoms with van der Waals surface area (Å²) in [6.45, 7) is 4.47. The number of carbonyl (C=O) groups is 1. The highest BCUT2D eigenvalue weighted by molar-refractivity contribution is 5.70. The van der Waals surface area contributed by atoms with E-state index in [1.165, 1.54) is 28.1 Å². The van der Waals surface area contributed by atoms with Gasteiger partial charge in [-0.3, -0.25) is 4.79 Å². The Morgan fingerprint density at radius 3 is 2.25 bits per heavy atom. The van der Waals surface area contributed by atoms with Crippen LogP contribution in [0.2, 0.25) is 0 Å². The second kappa shape index (κ2) is 6.11. The van der Waals surface area contributed by atoms with Gasteiger partial charge in [0.15, 0.2) is 0 Å². The van der Waals surface area contributed by atoms with Crippen LogP contribution in [0.5, 0.6) is 11.5 Å². The van der Waals surface area contributed by atoms with Crippen LogP contribution in [0.1, 0.15) is 31.9 Å². The molecule has 0 radical (unpaired) electrons. The van der Waals surface area contributed by atoms with Crippen molar-refractivity contribution in [2.75, 3.05) is 14.2 Å². The van der Waals surface area contributed by atoms with Gasteiger partial charge >= 0.3 is 5.97 Å². The fraction of sp³-hybridized carbons (Fsp3) is 0.533. The van der Waals surface area contributed by atoms with Crippen LogP contribution in [0.3, 0.4) is 0 Å². The summed E-state index contributed by atoms with van der Waals surface area (Å²) in [5.41, 5.74) is -0.545. The third kappa shape index (κ3) is 3.62. The quantitative estimate of drug-likeness (QED) is 0.871. The zero-order valence-electron chi connectivity index (χ0n) is 12.5. The molecule has 0 amide bonds. The van der Waals surface area contributed by atoms with Gasteiger partial charge < -0.3 is 14.6 Å². The van der Waals surface area contributed by atoms with E-state index < -0.39 is 17.6 Å². The van der Waals surface area contributed by atoms with Gasteiger partial charge in [0.25, 0.3) is 0 Å². The predicted octanol–water partition coefficient (Wildman–Crippen LogP) is 3.17. The minimum Gasteiger partial charge on any atom is -0.496 e. The fourth-order valence-electron chi connectivity index (χ4n) is 2.01. The Balaban J connectivity index is 3.32. The van der Waals surface area contributed by atoms with Gasteiger partial charge in [-0.25, -0.2) is 4.39 Å². The van der Waals surface area contributed by atoms with E-state index in [9.17, 15) is 9.18 Å². The molecule has 1 unspecified atom stereocenters. The van der Waals surface area contributed by atoms with Crippen LogP contribution in [-0.4, -0.2) is 25.3 Å². The lowest BCUT2D eigenvalue weighted by atomic mass is 9.92. The molecule has 0 heterocycles. The highest BCUT2D eigenvalue weighted by Crippen LogP contribution is 2.38. The molecule has 1 aromatic rings. The van der Waals surface area contributed by atoms with Crippen molar-refractivity contribution >= 4 is 5.97 Å². The number of alkyl halides is 1. The fourth-order valence-corrected chi connectivity index (χ4v) is 2.01. The Morgan fingerprint density at radius 1 is 1.30 bits per heavy atom. The largest absolute Gasteiger partial charge is 0.496 e. The number of carboxylic acid groups (broad SMARTS) is 1. The Labute approximate surface area is 118 Å². The van der Waals surface area contributed by atoms with E-state index in [1.54, 1.807) is 19.1 Å². The summed E-state index contributed by atoms with van der Waals surface area (Å²) >= 11 is 0. The van der Waals surface area contributed by atoms with Gasteiger partial charge in [0.1, 0.15) is 17.2 Å². The number of benzene rings is 1. The lowest BCUT2D eigenvalue weighted by Crippen LogP contribution is -2.15. The van der Waals surface area contributed by atoms with Gasteiger partial charge in [-0.1, -0.05) is 6.92 Å². The Kier molecular flexibility index (Phi) is 4.98. The topological polar surface area (TPSA) is 55.8 Å². The maximum Gasteiger partial charge on any atom is 0.306 e. The van der Waals surface area contributed by atoms with Gasteiger partial charge in [0.2, 0.25) is 0 Å². The number of rotatable bonds is 6. The molecule has 0 bridgehead atoms. The van der Waals surface area contributed by atoms with Crippen molar-refractivity contribution in [1.29, 1.82) is 0 Å². The first-order valence-corrected chi connectivity index (χ1v) is 6.37. The smallest absolute Gasteiger partial charge is 0.306 e. The average molecular weight is 284 g/mol. The standard InChI is InChI=1S/C15H21FO4/c1-9(14(17)18)6-10-7-11(15(2,3)16)13(20-5)8-12(10)19-4/h7-9H,6H2,1-5H3,(H,17,18). The van der Waals surface area contributed by atoms with E-state index >= 15 is 0 Å². The molecule has 4 nitrogen and oxygen atoms in total. The SMILES string of the molecule is COc1cc(OC)c(C(C)(C)F)cc1CC(C)C(=O)O. The number of carboxylic acids is 1. The summed E-state index contributed by atoms with van der Waals surface area (Å²) < 4.78 is 24.7. The molecular weight excluding hydrogens is 263 g/mol. The van der Waals surface area contributed by atoms with E-state index in [1.807, 2.05) is 0 Å². The molecular formula is C15H21FO4. The molecule has 0 aromatic heterocycles. The third-order valence-electron chi connectivity index (χ3n) is 3.19. The van der Waals surface area contributed by atoms with Crippen molar-refractivity contribution in [2.24, 2.45) is 5.92 Å². The Bertz CT molecular complexity index is 491. The lowest BCUT2D eigenvalue weighted by Gasteiger charge is -2.21. The molecule has 1 aromatic carbocycles. The highest BCUT2D eigenvalue weighted by atomic mass is 19.1. The van der Waals surface area contributed by atoms with Crippen molar-refractivity contribution in [3.05, 3.63) is 23.3 Å². The average Bonchev–Trinajstić information content (AvgIpc) is 2.36. The van der Waals surface area contributed by atoms with Crippen LogP contribution in [-0.2, 0) is 16.9 Å². The van der Waals surface area contributed by atoms with E-state index in [-0.39, 0.29) is 6.42 Å². The minimum atomic E-state index is -1.58. The van der Waals surface area contributed by atoms with Crippen LogP contribution in [0.15, 0.2) is 12.1 Å². The summed E-state index contributed by atoms with van der Waals surface area (Å²) in [7, 11) is 2.95. The summed E-state index contributed by atoms with van der Waals surface area (Å²) in [6.07, 6.45) is 0.269. The summed E-state index contributed by atoms with van der Waals surface area (Å²) in [4.78, 5) is 11.0. The van der Waals surface area contributed by atoms with Crippen LogP contribution >= 0.6 is 0 Å². The van der Waals surface area contributed by atoms with E-state index in [2.05, 4.69) is 0 Å². The molecule has 1 atom stereocenters. The van der Waals surface area contributed by atoms with E-state index in [0.717, 1.165) is 0 Å². The van der Waals surface area contributed by atoms with Crippen LogP contribution in [0, 0.1) is 5.92 Å². The maximum absolute atomic E-state index is 14.2. The molecule has 0 aliphatic rings. The van der Waals surface area contributed by atoms with E-state index in [0.29, 0.717) is 22.6 Å². The molecule has 112 valence electrons. The molecule has 1 rings (SSSR count). The van der Waals surface area contributed by atoms with Gasteiger partial charge in [-0.2, -0.15) is 0 Å². The van der Waals surface area contributed by atoms with E-state index in [4.69, 9.17) is 14.6 Å². The van der Waals surface area contributed by atoms with Crippen molar-refractivity contribution in [3.8, 4) is 11.5 Å². The normalized spacial score (nSPS) is 12.9. The summed E-state index contributed by atoms with van der Waals surface area (Å²) in [6, 6.07) is 3.22. The molecule has 0 aliphatic heterocycles. The first-order chi connectivity index (χ1) is 9.20. The summed E-state index contributed by atoms with van der Waals surface area (Å²) in [5.74, 6) is -0.583. The van der Waals surface area contributed by atoms with Gasteiger partial charge in [-0.05, 0) is 31.9 Å². The molecule has 0 aliphatic carbocycles. The highest BCUT2D eigenvalue weighted by Gasteiger charge is 2.26.